The minimum absolute atomic E-state index is 0.0612. The van der Waals surface area contributed by atoms with Gasteiger partial charge in [-0.3, -0.25) is 14.4 Å². The first-order chi connectivity index (χ1) is 17.0. The lowest BCUT2D eigenvalue weighted by Gasteiger charge is -2.34. The lowest BCUT2D eigenvalue weighted by atomic mass is 10.1. The van der Waals surface area contributed by atoms with Gasteiger partial charge in [0.05, 0.1) is 12.2 Å². The molecule has 0 radical (unpaired) electrons. The van der Waals surface area contributed by atoms with Gasteiger partial charge >= 0.3 is 0 Å². The van der Waals surface area contributed by atoms with Crippen LogP contribution >= 0.6 is 0 Å². The summed E-state index contributed by atoms with van der Waals surface area (Å²) < 4.78 is 5.95. The molecule has 1 aliphatic heterocycles. The number of hydrogen-bond acceptors (Lipinski definition) is 4. The number of ether oxygens (including phenoxy) is 1. The summed E-state index contributed by atoms with van der Waals surface area (Å²) in [5.74, 6) is -0.214. The van der Waals surface area contributed by atoms with E-state index >= 15 is 0 Å². The lowest BCUT2D eigenvalue weighted by molar-refractivity contribution is -0.128. The molecule has 1 atom stereocenters. The van der Waals surface area contributed by atoms with Crippen molar-refractivity contribution in [1.82, 2.24) is 5.32 Å². The van der Waals surface area contributed by atoms with Gasteiger partial charge in [-0.15, -0.1) is 0 Å². The summed E-state index contributed by atoms with van der Waals surface area (Å²) in [7, 11) is 0. The molecule has 0 bridgehead atoms. The largest absolute Gasteiger partial charge is 0.477 e. The zero-order chi connectivity index (χ0) is 24.8. The van der Waals surface area contributed by atoms with Gasteiger partial charge in [-0.1, -0.05) is 44.2 Å². The first-order valence-electron chi connectivity index (χ1n) is 11.8. The summed E-state index contributed by atoms with van der Waals surface area (Å²) in [4.78, 5) is 40.3. The van der Waals surface area contributed by atoms with Gasteiger partial charge in [0.1, 0.15) is 5.75 Å². The van der Waals surface area contributed by atoms with Gasteiger partial charge in [0.15, 0.2) is 6.10 Å². The summed E-state index contributed by atoms with van der Waals surface area (Å²) >= 11 is 0. The predicted octanol–water partition coefficient (Wildman–Crippen LogP) is 4.65. The van der Waals surface area contributed by atoms with Crippen molar-refractivity contribution in [3.63, 3.8) is 0 Å². The van der Waals surface area contributed by atoms with Crippen LogP contribution in [0.5, 0.6) is 5.75 Å². The van der Waals surface area contributed by atoms with E-state index in [4.69, 9.17) is 4.74 Å². The van der Waals surface area contributed by atoms with Crippen LogP contribution in [-0.4, -0.2) is 36.4 Å². The zero-order valence-electron chi connectivity index (χ0n) is 19.9. The number of carbonyl (C=O) groups is 3. The Balaban J connectivity index is 1.51. The number of amides is 3. The molecule has 0 saturated heterocycles. The van der Waals surface area contributed by atoms with Crippen LogP contribution in [0.15, 0.2) is 78.9 Å². The number of nitrogens with zero attached hydrogens (tertiary/aromatic N) is 1. The monoisotopic (exact) mass is 471 g/mol. The van der Waals surface area contributed by atoms with Crippen LogP contribution in [0.2, 0.25) is 0 Å². The Morgan fingerprint density at radius 2 is 1.54 bits per heavy atom. The highest BCUT2D eigenvalue weighted by atomic mass is 16.5. The van der Waals surface area contributed by atoms with Gasteiger partial charge in [0, 0.05) is 22.9 Å². The standard InChI is InChI=1S/C28H29N3O4/c1-3-21(4-2)29-27(33)25-18-31(23-12-8-9-13-24(23)35-25)28(34)20-14-16-22(17-15-20)30-26(32)19-10-6-5-7-11-19/h5-17,21,25H,3-4,18H2,1-2H3,(H,29,33)(H,30,32). The number of para-hydroxylation sites is 2. The molecule has 0 aromatic heterocycles. The van der Waals surface area contributed by atoms with Crippen molar-refractivity contribution in [2.75, 3.05) is 16.8 Å². The second-order valence-electron chi connectivity index (χ2n) is 8.41. The lowest BCUT2D eigenvalue weighted by Crippen LogP contribution is -2.52. The van der Waals surface area contributed by atoms with E-state index in [1.165, 1.54) is 0 Å². The number of carbonyl (C=O) groups excluding carboxylic acids is 3. The van der Waals surface area contributed by atoms with Crippen LogP contribution in [-0.2, 0) is 4.79 Å². The molecule has 7 nitrogen and oxygen atoms in total. The quantitative estimate of drug-likeness (QED) is 0.525. The molecule has 2 N–H and O–H groups in total. The van der Waals surface area contributed by atoms with Crippen molar-refractivity contribution in [1.29, 1.82) is 0 Å². The maximum absolute atomic E-state index is 13.5. The molecule has 0 fully saturated rings. The Morgan fingerprint density at radius 1 is 0.886 bits per heavy atom. The van der Waals surface area contributed by atoms with Crippen LogP contribution in [0.4, 0.5) is 11.4 Å². The third kappa shape index (κ3) is 5.51. The average molecular weight is 472 g/mol. The minimum Gasteiger partial charge on any atom is -0.477 e. The predicted molar refractivity (Wildman–Crippen MR) is 136 cm³/mol. The van der Waals surface area contributed by atoms with Crippen LogP contribution in [0.1, 0.15) is 47.4 Å². The number of fused-ring (bicyclic) bond motifs is 1. The molecule has 35 heavy (non-hydrogen) atoms. The Bertz CT molecular complexity index is 1190. The number of nitrogens with one attached hydrogen (secondary N) is 2. The van der Waals surface area contributed by atoms with Gasteiger partial charge in [0.2, 0.25) is 0 Å². The summed E-state index contributed by atoms with van der Waals surface area (Å²) in [6.07, 6.45) is 0.835. The minimum atomic E-state index is -0.807. The highest BCUT2D eigenvalue weighted by Crippen LogP contribution is 2.34. The molecular formula is C28H29N3O4. The van der Waals surface area contributed by atoms with Crippen molar-refractivity contribution < 1.29 is 19.1 Å². The molecule has 3 aromatic carbocycles. The highest BCUT2D eigenvalue weighted by molar-refractivity contribution is 6.08. The zero-order valence-corrected chi connectivity index (χ0v) is 19.9. The molecule has 4 rings (SSSR count). The molecule has 180 valence electrons. The van der Waals surface area contributed by atoms with Crippen molar-refractivity contribution in [3.8, 4) is 5.75 Å². The van der Waals surface area contributed by atoms with E-state index in [0.717, 1.165) is 12.8 Å². The summed E-state index contributed by atoms with van der Waals surface area (Å²) in [6.45, 7) is 4.15. The van der Waals surface area contributed by atoms with Crippen molar-refractivity contribution in [2.24, 2.45) is 0 Å². The van der Waals surface area contributed by atoms with Gasteiger partial charge in [-0.05, 0) is 61.4 Å². The second-order valence-corrected chi connectivity index (χ2v) is 8.41. The van der Waals surface area contributed by atoms with Crippen LogP contribution < -0.4 is 20.3 Å². The van der Waals surface area contributed by atoms with E-state index in [1.807, 2.05) is 32.0 Å². The van der Waals surface area contributed by atoms with E-state index in [-0.39, 0.29) is 30.3 Å². The topological polar surface area (TPSA) is 87.7 Å². The van der Waals surface area contributed by atoms with Crippen molar-refractivity contribution >= 4 is 29.1 Å². The molecule has 3 aromatic rings. The smallest absolute Gasteiger partial charge is 0.263 e. The van der Waals surface area contributed by atoms with Gasteiger partial charge in [-0.25, -0.2) is 0 Å². The maximum Gasteiger partial charge on any atom is 0.263 e. The summed E-state index contributed by atoms with van der Waals surface area (Å²) in [5, 5.41) is 5.85. The van der Waals surface area contributed by atoms with Crippen molar-refractivity contribution in [3.05, 3.63) is 90.0 Å². The van der Waals surface area contributed by atoms with Gasteiger partial charge < -0.3 is 20.3 Å². The summed E-state index contributed by atoms with van der Waals surface area (Å²) in [5.41, 5.74) is 2.19. The molecule has 1 heterocycles. The molecule has 7 heteroatoms. The number of anilines is 2. The van der Waals surface area contributed by atoms with Gasteiger partial charge in [-0.2, -0.15) is 0 Å². The Labute approximate surface area is 205 Å². The molecule has 0 aliphatic carbocycles. The number of benzene rings is 3. The fourth-order valence-electron chi connectivity index (χ4n) is 3.99. The molecule has 0 spiro atoms. The van der Waals surface area contributed by atoms with E-state index in [0.29, 0.717) is 28.3 Å². The van der Waals surface area contributed by atoms with E-state index in [2.05, 4.69) is 10.6 Å². The van der Waals surface area contributed by atoms with E-state index in [1.54, 1.807) is 65.6 Å². The van der Waals surface area contributed by atoms with Crippen LogP contribution in [0, 0.1) is 0 Å². The fraction of sp³-hybridized carbons (Fsp3) is 0.250. The van der Waals surface area contributed by atoms with Crippen molar-refractivity contribution in [2.45, 2.75) is 38.8 Å². The molecule has 0 saturated carbocycles. The SMILES string of the molecule is CCC(CC)NC(=O)C1CN(C(=O)c2ccc(NC(=O)c3ccccc3)cc2)c2ccccc2O1. The maximum atomic E-state index is 13.5. The third-order valence-corrected chi connectivity index (χ3v) is 6.07. The molecule has 3 amide bonds. The van der Waals surface area contributed by atoms with E-state index < -0.39 is 6.10 Å². The third-order valence-electron chi connectivity index (χ3n) is 6.07. The number of hydrogen-bond donors (Lipinski definition) is 2. The van der Waals surface area contributed by atoms with Crippen LogP contribution in [0.3, 0.4) is 0 Å². The second kappa shape index (κ2) is 10.9. The first kappa shape index (κ1) is 24.0. The first-order valence-corrected chi connectivity index (χ1v) is 11.8. The summed E-state index contributed by atoms with van der Waals surface area (Å²) in [6, 6.07) is 22.9. The Morgan fingerprint density at radius 3 is 2.23 bits per heavy atom. The normalized spacial score (nSPS) is 14.6. The van der Waals surface area contributed by atoms with E-state index in [9.17, 15) is 14.4 Å². The van der Waals surface area contributed by atoms with Crippen LogP contribution in [0.25, 0.3) is 0 Å². The Hall–Kier alpha value is -4.13. The molecule has 1 unspecified atom stereocenters. The Kier molecular flexibility index (Phi) is 7.45. The highest BCUT2D eigenvalue weighted by Gasteiger charge is 2.34. The fourth-order valence-corrected chi connectivity index (χ4v) is 3.99. The molecular weight excluding hydrogens is 442 g/mol. The van der Waals surface area contributed by atoms with Gasteiger partial charge in [0.25, 0.3) is 17.7 Å². The number of rotatable bonds is 7. The average Bonchev–Trinajstić information content (AvgIpc) is 2.91. The molecule has 1 aliphatic rings.